The molecule has 11 aromatic carbocycles. The van der Waals surface area contributed by atoms with Gasteiger partial charge in [-0.3, -0.25) is 0 Å². The minimum absolute atomic E-state index is 1.12. The minimum Gasteiger partial charge on any atom is -0.310 e. The highest BCUT2D eigenvalue weighted by Gasteiger charge is 2.20. The first-order chi connectivity index (χ1) is 28.7. The van der Waals surface area contributed by atoms with Crippen LogP contribution >= 0.6 is 11.3 Å². The van der Waals surface area contributed by atoms with Crippen LogP contribution in [0.3, 0.4) is 0 Å². The summed E-state index contributed by atoms with van der Waals surface area (Å²) in [5.74, 6) is 0. The smallest absolute Gasteiger partial charge is 0.0554 e. The number of rotatable bonds is 5. The van der Waals surface area contributed by atoms with Gasteiger partial charge in [-0.05, 0) is 131 Å². The Morgan fingerprint density at radius 2 is 0.845 bits per heavy atom. The maximum atomic E-state index is 2.45. The Morgan fingerprint density at radius 3 is 1.62 bits per heavy atom. The second-order valence-electron chi connectivity index (χ2n) is 15.3. The molecule has 0 aliphatic heterocycles. The molecule has 0 aliphatic rings. The predicted molar refractivity (Wildman–Crippen MR) is 252 cm³/mol. The number of benzene rings is 11. The van der Waals surface area contributed by atoms with Crippen LogP contribution in [0.4, 0.5) is 17.1 Å². The van der Waals surface area contributed by atoms with Crippen molar-refractivity contribution in [3.8, 4) is 22.3 Å². The Balaban J connectivity index is 0.986. The molecule has 0 radical (unpaired) electrons. The monoisotopic (exact) mass is 753 g/mol. The highest BCUT2D eigenvalue weighted by Crippen LogP contribution is 2.47. The van der Waals surface area contributed by atoms with Crippen molar-refractivity contribution in [1.82, 2.24) is 0 Å². The summed E-state index contributed by atoms with van der Waals surface area (Å²) in [7, 11) is 0. The highest BCUT2D eigenvalue weighted by molar-refractivity contribution is 7.26. The van der Waals surface area contributed by atoms with Gasteiger partial charge in [0.05, 0.1) is 5.69 Å². The third-order valence-corrected chi connectivity index (χ3v) is 13.1. The number of nitrogens with zero attached hydrogens (tertiary/aromatic N) is 1. The zero-order valence-corrected chi connectivity index (χ0v) is 32.4. The largest absolute Gasteiger partial charge is 0.310 e. The molecule has 0 saturated heterocycles. The predicted octanol–water partition coefficient (Wildman–Crippen LogP) is 16.6. The van der Waals surface area contributed by atoms with E-state index in [0.717, 1.165) is 11.4 Å². The molecule has 0 amide bonds. The van der Waals surface area contributed by atoms with Crippen molar-refractivity contribution in [1.29, 1.82) is 0 Å². The van der Waals surface area contributed by atoms with Crippen LogP contribution in [0, 0.1) is 0 Å². The van der Waals surface area contributed by atoms with Crippen LogP contribution in [0.5, 0.6) is 0 Å². The summed E-state index contributed by atoms with van der Waals surface area (Å²) < 4.78 is 2.59. The van der Waals surface area contributed by atoms with Crippen LogP contribution in [0.15, 0.2) is 212 Å². The average Bonchev–Trinajstić information content (AvgIpc) is 3.66. The molecule has 12 rings (SSSR count). The van der Waals surface area contributed by atoms with E-state index in [4.69, 9.17) is 0 Å². The lowest BCUT2D eigenvalue weighted by molar-refractivity contribution is 1.31. The molecule has 0 aliphatic carbocycles. The molecule has 0 unspecified atom stereocenters. The molecule has 2 heteroatoms. The van der Waals surface area contributed by atoms with Crippen LogP contribution in [-0.4, -0.2) is 0 Å². The van der Waals surface area contributed by atoms with Crippen LogP contribution in [0.2, 0.25) is 0 Å². The van der Waals surface area contributed by atoms with Gasteiger partial charge in [-0.25, -0.2) is 0 Å². The van der Waals surface area contributed by atoms with E-state index in [9.17, 15) is 0 Å². The van der Waals surface area contributed by atoms with Crippen LogP contribution < -0.4 is 4.90 Å². The lowest BCUT2D eigenvalue weighted by atomic mass is 9.92. The number of thiophene rings is 1. The number of hydrogen-bond acceptors (Lipinski definition) is 2. The van der Waals surface area contributed by atoms with Gasteiger partial charge in [-0.1, -0.05) is 158 Å². The zero-order chi connectivity index (χ0) is 38.2. The Hall–Kier alpha value is -7.26. The SMILES string of the molecule is c1ccc2cc3c(cc2c1)sc1cccc(N(c2ccc(-c4ccc(-c5cc6ccccc6c6ccccc56)cc4)cc2)c2ccc4c(ccc5ccccc54)c2)c13. The van der Waals surface area contributed by atoms with E-state index in [2.05, 4.69) is 217 Å². The second-order valence-corrected chi connectivity index (χ2v) is 16.4. The van der Waals surface area contributed by atoms with E-state index in [1.165, 1.54) is 102 Å². The van der Waals surface area contributed by atoms with E-state index in [-0.39, 0.29) is 0 Å². The van der Waals surface area contributed by atoms with Gasteiger partial charge in [-0.2, -0.15) is 0 Å². The lowest BCUT2D eigenvalue weighted by Gasteiger charge is -2.27. The third-order valence-electron chi connectivity index (χ3n) is 12.0. The zero-order valence-electron chi connectivity index (χ0n) is 31.6. The molecular weight excluding hydrogens is 719 g/mol. The standard InChI is InChI=1S/C56H35NS/c1-2-12-41-35-55-52(33-40(41)11-1)56-53(18-9-19-54(56)58-55)57(45-30-31-48-43(32-45)25-24-38-10-3-5-14-46(38)48)44-28-26-37(27-29-44)36-20-22-39(23-21-36)51-34-42-13-4-6-15-47(42)49-16-7-8-17-50(49)51/h1-35H. The van der Waals surface area contributed by atoms with Crippen molar-refractivity contribution in [2.45, 2.75) is 0 Å². The molecule has 58 heavy (non-hydrogen) atoms. The maximum Gasteiger partial charge on any atom is 0.0554 e. The van der Waals surface area contributed by atoms with Crippen molar-refractivity contribution in [2.24, 2.45) is 0 Å². The van der Waals surface area contributed by atoms with Crippen molar-refractivity contribution < 1.29 is 0 Å². The average molecular weight is 754 g/mol. The Kier molecular flexibility index (Phi) is 7.47. The fourth-order valence-electron chi connectivity index (χ4n) is 9.18. The number of hydrogen-bond donors (Lipinski definition) is 0. The Morgan fingerprint density at radius 1 is 0.293 bits per heavy atom. The first-order valence-corrected chi connectivity index (χ1v) is 20.7. The summed E-state index contributed by atoms with van der Waals surface area (Å²) in [6, 6.07) is 78.3. The quantitative estimate of drug-likeness (QED) is 0.158. The van der Waals surface area contributed by atoms with E-state index in [1.54, 1.807) is 0 Å². The Bertz CT molecular complexity index is 3560. The molecule has 0 spiro atoms. The molecule has 0 bridgehead atoms. The van der Waals surface area contributed by atoms with Gasteiger partial charge >= 0.3 is 0 Å². The van der Waals surface area contributed by atoms with Crippen LogP contribution in [0.25, 0.3) is 96.3 Å². The third kappa shape index (κ3) is 5.30. The van der Waals surface area contributed by atoms with Gasteiger partial charge in [0.25, 0.3) is 0 Å². The fourth-order valence-corrected chi connectivity index (χ4v) is 10.3. The maximum absolute atomic E-state index is 2.45. The summed E-state index contributed by atoms with van der Waals surface area (Å²) in [6.45, 7) is 0. The van der Waals surface area contributed by atoms with Gasteiger partial charge in [0.1, 0.15) is 0 Å². The van der Waals surface area contributed by atoms with Crippen molar-refractivity contribution in [3.63, 3.8) is 0 Å². The molecule has 1 heterocycles. The Labute approximate surface area is 340 Å². The molecule has 0 saturated carbocycles. The first-order valence-electron chi connectivity index (χ1n) is 19.9. The molecule has 0 atom stereocenters. The first kappa shape index (κ1) is 32.9. The molecular formula is C56H35NS. The van der Waals surface area contributed by atoms with E-state index < -0.39 is 0 Å². The van der Waals surface area contributed by atoms with E-state index in [1.807, 2.05) is 11.3 Å². The van der Waals surface area contributed by atoms with Crippen molar-refractivity contribution in [3.05, 3.63) is 212 Å². The molecule has 1 aromatic heterocycles. The van der Waals surface area contributed by atoms with Crippen LogP contribution in [0.1, 0.15) is 0 Å². The molecule has 12 aromatic rings. The summed E-state index contributed by atoms with van der Waals surface area (Å²) in [4.78, 5) is 2.45. The van der Waals surface area contributed by atoms with Gasteiger partial charge in [0.2, 0.25) is 0 Å². The molecule has 1 nitrogen and oxygen atoms in total. The summed E-state index contributed by atoms with van der Waals surface area (Å²) in [6.07, 6.45) is 0. The van der Waals surface area contributed by atoms with Crippen molar-refractivity contribution in [2.75, 3.05) is 4.90 Å². The summed E-state index contributed by atoms with van der Waals surface area (Å²) in [5, 5.41) is 15.3. The lowest BCUT2D eigenvalue weighted by Crippen LogP contribution is -2.10. The number of fused-ring (bicyclic) bond motifs is 10. The van der Waals surface area contributed by atoms with Crippen molar-refractivity contribution >= 4 is 102 Å². The van der Waals surface area contributed by atoms with Gasteiger partial charge in [0, 0.05) is 31.5 Å². The minimum atomic E-state index is 1.12. The molecule has 0 fully saturated rings. The van der Waals surface area contributed by atoms with E-state index in [0.29, 0.717) is 0 Å². The van der Waals surface area contributed by atoms with Gasteiger partial charge < -0.3 is 4.90 Å². The summed E-state index contributed by atoms with van der Waals surface area (Å²) in [5.41, 5.74) is 8.31. The normalized spacial score (nSPS) is 11.8. The summed E-state index contributed by atoms with van der Waals surface area (Å²) >= 11 is 1.88. The van der Waals surface area contributed by atoms with E-state index >= 15 is 0 Å². The highest BCUT2D eigenvalue weighted by atomic mass is 32.1. The molecule has 270 valence electrons. The molecule has 0 N–H and O–H groups in total. The number of anilines is 3. The van der Waals surface area contributed by atoms with Crippen LogP contribution in [-0.2, 0) is 0 Å². The van der Waals surface area contributed by atoms with Gasteiger partial charge in [-0.15, -0.1) is 11.3 Å². The second kappa shape index (κ2) is 13.2. The topological polar surface area (TPSA) is 3.24 Å². The fraction of sp³-hybridized carbons (Fsp3) is 0. The van der Waals surface area contributed by atoms with Gasteiger partial charge in [0.15, 0.2) is 0 Å².